The monoisotopic (exact) mass is 361 g/mol. The van der Waals surface area contributed by atoms with Crippen LogP contribution >= 0.6 is 0 Å². The van der Waals surface area contributed by atoms with Gasteiger partial charge in [-0.15, -0.1) is 0 Å². The van der Waals surface area contributed by atoms with Crippen LogP contribution in [0.25, 0.3) is 0 Å². The van der Waals surface area contributed by atoms with Crippen molar-refractivity contribution < 1.29 is 4.74 Å². The molecule has 1 aliphatic carbocycles. The fourth-order valence-corrected chi connectivity index (χ4v) is 3.46. The van der Waals surface area contributed by atoms with Gasteiger partial charge in [-0.05, 0) is 56.9 Å². The van der Waals surface area contributed by atoms with Crippen molar-refractivity contribution in [1.82, 2.24) is 5.32 Å². The number of amidine groups is 1. The highest BCUT2D eigenvalue weighted by atomic mass is 16.5. The Morgan fingerprint density at radius 1 is 1.19 bits per heavy atom. The van der Waals surface area contributed by atoms with Crippen LogP contribution < -0.4 is 15.4 Å². The molecule has 4 nitrogen and oxygen atoms in total. The minimum absolute atomic E-state index is 0.122. The van der Waals surface area contributed by atoms with Crippen LogP contribution in [0.5, 0.6) is 5.75 Å². The molecule has 1 saturated carbocycles. The molecule has 4 rings (SSSR count). The molecule has 1 heterocycles. The van der Waals surface area contributed by atoms with Crippen molar-refractivity contribution in [1.29, 1.82) is 0 Å². The predicted molar refractivity (Wildman–Crippen MR) is 111 cm³/mol. The Morgan fingerprint density at radius 3 is 2.70 bits per heavy atom. The lowest BCUT2D eigenvalue weighted by molar-refractivity contribution is 0.299. The van der Waals surface area contributed by atoms with E-state index in [0.717, 1.165) is 28.8 Å². The first-order valence-electron chi connectivity index (χ1n) is 9.75. The van der Waals surface area contributed by atoms with Crippen molar-refractivity contribution in [3.05, 3.63) is 71.8 Å². The molecule has 140 valence electrons. The quantitative estimate of drug-likeness (QED) is 0.739. The number of anilines is 1. The van der Waals surface area contributed by atoms with Gasteiger partial charge >= 0.3 is 0 Å². The van der Waals surface area contributed by atoms with Crippen LogP contribution in [0.3, 0.4) is 0 Å². The van der Waals surface area contributed by atoms with Gasteiger partial charge < -0.3 is 15.4 Å². The average Bonchev–Trinajstić information content (AvgIpc) is 3.52. The molecule has 0 bridgehead atoms. The third kappa shape index (κ3) is 4.51. The smallest absolute Gasteiger partial charge is 0.155 e. The van der Waals surface area contributed by atoms with Gasteiger partial charge in [0.05, 0.1) is 0 Å². The maximum absolute atomic E-state index is 5.91. The van der Waals surface area contributed by atoms with Gasteiger partial charge in [0.1, 0.15) is 18.2 Å². The lowest BCUT2D eigenvalue weighted by Crippen LogP contribution is -2.39. The molecule has 27 heavy (non-hydrogen) atoms. The summed E-state index contributed by atoms with van der Waals surface area (Å²) in [7, 11) is 0. The van der Waals surface area contributed by atoms with Crippen molar-refractivity contribution in [3.63, 3.8) is 0 Å². The van der Waals surface area contributed by atoms with Gasteiger partial charge in [-0.1, -0.05) is 42.0 Å². The normalized spacial score (nSPS) is 20.1. The van der Waals surface area contributed by atoms with E-state index in [2.05, 4.69) is 48.8 Å². The van der Waals surface area contributed by atoms with Crippen molar-refractivity contribution in [2.24, 2.45) is 10.9 Å². The standard InChI is InChI=1S/C23H27N3O/c1-16(18-12-13-18)14-17(2)24-23-20-10-6-7-11-21(20)25-22(26-23)15-27-19-8-4-3-5-9-19/h3-11,14,17-18,22,25H,12-13,15H2,1-2H3,(H,24,26)/b16-14+. The van der Waals surface area contributed by atoms with Gasteiger partial charge in [0.2, 0.25) is 0 Å². The topological polar surface area (TPSA) is 45.7 Å². The molecule has 2 unspecified atom stereocenters. The molecule has 1 aliphatic heterocycles. The van der Waals surface area contributed by atoms with Crippen molar-refractivity contribution in [2.45, 2.75) is 38.9 Å². The number of hydrogen-bond donors (Lipinski definition) is 2. The largest absolute Gasteiger partial charge is 0.489 e. The molecular weight excluding hydrogens is 334 g/mol. The molecule has 0 spiro atoms. The van der Waals surface area contributed by atoms with Crippen LogP contribution in [0.1, 0.15) is 32.3 Å². The van der Waals surface area contributed by atoms with Crippen LogP contribution in [0.15, 0.2) is 71.2 Å². The summed E-state index contributed by atoms with van der Waals surface area (Å²) >= 11 is 0. The van der Waals surface area contributed by atoms with Gasteiger partial charge in [-0.3, -0.25) is 0 Å². The maximum atomic E-state index is 5.91. The molecule has 0 amide bonds. The summed E-state index contributed by atoms with van der Waals surface area (Å²) in [4.78, 5) is 4.89. The Labute approximate surface area is 161 Å². The fourth-order valence-electron chi connectivity index (χ4n) is 3.46. The second-order valence-corrected chi connectivity index (χ2v) is 7.43. The van der Waals surface area contributed by atoms with Gasteiger partial charge in [0.25, 0.3) is 0 Å². The highest BCUT2D eigenvalue weighted by Gasteiger charge is 2.24. The Bertz CT molecular complexity index is 840. The zero-order valence-electron chi connectivity index (χ0n) is 16.0. The van der Waals surface area contributed by atoms with E-state index in [-0.39, 0.29) is 12.2 Å². The molecule has 4 heteroatoms. The molecule has 0 aromatic heterocycles. The Hall–Kier alpha value is -2.75. The van der Waals surface area contributed by atoms with E-state index in [1.807, 2.05) is 36.4 Å². The van der Waals surface area contributed by atoms with E-state index in [1.54, 1.807) is 0 Å². The van der Waals surface area contributed by atoms with Gasteiger partial charge in [0.15, 0.2) is 6.17 Å². The van der Waals surface area contributed by atoms with Crippen LogP contribution in [-0.2, 0) is 0 Å². The van der Waals surface area contributed by atoms with Gasteiger partial charge in [0, 0.05) is 17.3 Å². The third-order valence-corrected chi connectivity index (χ3v) is 5.04. The minimum atomic E-state index is -0.122. The van der Waals surface area contributed by atoms with E-state index in [9.17, 15) is 0 Å². The van der Waals surface area contributed by atoms with Gasteiger partial charge in [-0.2, -0.15) is 0 Å². The summed E-state index contributed by atoms with van der Waals surface area (Å²) in [5.41, 5.74) is 3.69. The third-order valence-electron chi connectivity index (χ3n) is 5.04. The number of allylic oxidation sites excluding steroid dienone is 1. The van der Waals surface area contributed by atoms with Gasteiger partial charge in [-0.25, -0.2) is 4.99 Å². The lowest BCUT2D eigenvalue weighted by Gasteiger charge is -2.27. The van der Waals surface area contributed by atoms with Crippen molar-refractivity contribution in [3.8, 4) is 5.75 Å². The van der Waals surface area contributed by atoms with E-state index >= 15 is 0 Å². The molecular formula is C23H27N3O. The second-order valence-electron chi connectivity index (χ2n) is 7.43. The number of rotatable bonds is 6. The number of para-hydroxylation sites is 2. The second kappa shape index (κ2) is 7.87. The zero-order valence-corrected chi connectivity index (χ0v) is 16.0. The number of hydrogen-bond acceptors (Lipinski definition) is 4. The summed E-state index contributed by atoms with van der Waals surface area (Å²) in [5, 5.41) is 7.07. The van der Waals surface area contributed by atoms with Crippen LogP contribution in [0.2, 0.25) is 0 Å². The molecule has 2 aliphatic rings. The van der Waals surface area contributed by atoms with Crippen LogP contribution in [0, 0.1) is 5.92 Å². The molecule has 2 atom stereocenters. The van der Waals surface area contributed by atoms with Crippen LogP contribution in [-0.4, -0.2) is 24.7 Å². The highest BCUT2D eigenvalue weighted by Crippen LogP contribution is 2.36. The van der Waals surface area contributed by atoms with E-state index < -0.39 is 0 Å². The number of ether oxygens (including phenoxy) is 1. The number of benzene rings is 2. The Balaban J connectivity index is 1.49. The molecule has 1 fully saturated rings. The predicted octanol–water partition coefficient (Wildman–Crippen LogP) is 4.60. The summed E-state index contributed by atoms with van der Waals surface area (Å²) in [6, 6.07) is 18.4. The fraction of sp³-hybridized carbons (Fsp3) is 0.348. The summed E-state index contributed by atoms with van der Waals surface area (Å²) in [6.45, 7) is 4.91. The Kier molecular flexibility index (Phi) is 5.14. The zero-order chi connectivity index (χ0) is 18.6. The first-order valence-corrected chi connectivity index (χ1v) is 9.75. The molecule has 2 aromatic rings. The minimum Gasteiger partial charge on any atom is -0.489 e. The SMILES string of the molecule is C/C(=C\C(C)NC1=NC(COc2ccccc2)Nc2ccccc21)C1CC1. The van der Waals surface area contributed by atoms with E-state index in [4.69, 9.17) is 9.73 Å². The first kappa shape index (κ1) is 17.7. The Morgan fingerprint density at radius 2 is 1.93 bits per heavy atom. The molecule has 2 N–H and O–H groups in total. The molecule has 0 saturated heterocycles. The van der Waals surface area contributed by atoms with Crippen molar-refractivity contribution >= 4 is 11.5 Å². The highest BCUT2D eigenvalue weighted by molar-refractivity contribution is 6.05. The van der Waals surface area contributed by atoms with Crippen molar-refractivity contribution in [2.75, 3.05) is 11.9 Å². The average molecular weight is 361 g/mol. The van der Waals surface area contributed by atoms with E-state index in [1.165, 1.54) is 18.4 Å². The van der Waals surface area contributed by atoms with Crippen LogP contribution in [0.4, 0.5) is 5.69 Å². The number of nitrogens with one attached hydrogen (secondary N) is 2. The lowest BCUT2D eigenvalue weighted by atomic mass is 10.1. The maximum Gasteiger partial charge on any atom is 0.155 e. The first-order chi connectivity index (χ1) is 13.2. The summed E-state index contributed by atoms with van der Waals surface area (Å²) in [6.07, 6.45) is 4.88. The number of aliphatic imine (C=N–C) groups is 1. The van der Waals surface area contributed by atoms with E-state index in [0.29, 0.717) is 6.61 Å². The molecule has 0 radical (unpaired) electrons. The number of fused-ring (bicyclic) bond motifs is 1. The summed E-state index contributed by atoms with van der Waals surface area (Å²) in [5.74, 6) is 2.58. The number of nitrogens with zero attached hydrogens (tertiary/aromatic N) is 1. The molecule has 2 aromatic carbocycles. The summed E-state index contributed by atoms with van der Waals surface area (Å²) < 4.78 is 5.91.